The molecule has 0 spiro atoms. The van der Waals surface area contributed by atoms with Crippen molar-refractivity contribution in [2.24, 2.45) is 4.99 Å². The summed E-state index contributed by atoms with van der Waals surface area (Å²) >= 11 is 0. The van der Waals surface area contributed by atoms with Crippen molar-refractivity contribution < 1.29 is 22.4 Å². The summed E-state index contributed by atoms with van der Waals surface area (Å²) in [6.45, 7) is 4.70. The van der Waals surface area contributed by atoms with Gasteiger partial charge in [0.2, 0.25) is 5.89 Å². The smallest absolute Gasteiger partial charge is 0.405 e. The Bertz CT molecular complexity index is 775. The Morgan fingerprint density at radius 2 is 2.00 bits per heavy atom. The summed E-state index contributed by atoms with van der Waals surface area (Å²) in [5.41, 5.74) is 0.370. The third-order valence-electron chi connectivity index (χ3n) is 3.73. The van der Waals surface area contributed by atoms with Crippen LogP contribution in [-0.2, 0) is 13.0 Å². The summed E-state index contributed by atoms with van der Waals surface area (Å²) in [6, 6.07) is 5.96. The van der Waals surface area contributed by atoms with Crippen LogP contribution in [0.2, 0.25) is 0 Å². The lowest BCUT2D eigenvalue weighted by atomic mass is 10.2. The molecule has 2 N–H and O–H groups in total. The zero-order valence-corrected chi connectivity index (χ0v) is 16.0. The predicted molar refractivity (Wildman–Crippen MR) is 98.0 cm³/mol. The summed E-state index contributed by atoms with van der Waals surface area (Å²) in [7, 11) is 1.58. The number of nitrogens with zero attached hydrogens (tertiary/aromatic N) is 3. The summed E-state index contributed by atoms with van der Waals surface area (Å²) in [6.07, 6.45) is -3.39. The Hall–Kier alpha value is -2.78. The van der Waals surface area contributed by atoms with E-state index in [-0.39, 0.29) is 18.2 Å². The van der Waals surface area contributed by atoms with Crippen molar-refractivity contribution in [3.05, 3.63) is 41.5 Å². The van der Waals surface area contributed by atoms with Gasteiger partial charge in [0, 0.05) is 38.0 Å². The van der Waals surface area contributed by atoms with Crippen LogP contribution in [-0.4, -0.2) is 36.1 Å². The molecule has 7 nitrogen and oxygen atoms in total. The standard InChI is InChI=1S/C18H24F3N5O2/c1-12(2)16-25-15(28-26-16)9-6-10-23-17(22-3)24-11-13-7-4-5-8-14(13)27-18(19,20)21/h4-5,7-8,12H,6,9-11H2,1-3H3,(H2,22,23,24). The summed E-state index contributed by atoms with van der Waals surface area (Å²) in [5, 5.41) is 9.97. The van der Waals surface area contributed by atoms with E-state index >= 15 is 0 Å². The number of halogens is 3. The molecule has 0 aliphatic heterocycles. The SMILES string of the molecule is CN=C(NCCCc1nc(C(C)C)no1)NCc1ccccc1OC(F)(F)F. The van der Waals surface area contributed by atoms with Gasteiger partial charge < -0.3 is 19.9 Å². The van der Waals surface area contributed by atoms with E-state index in [0.29, 0.717) is 36.2 Å². The molecule has 28 heavy (non-hydrogen) atoms. The normalized spacial score (nSPS) is 12.3. The molecule has 1 heterocycles. The first-order valence-electron chi connectivity index (χ1n) is 8.89. The van der Waals surface area contributed by atoms with Crippen LogP contribution in [0, 0.1) is 0 Å². The van der Waals surface area contributed by atoms with Crippen molar-refractivity contribution in [1.29, 1.82) is 0 Å². The van der Waals surface area contributed by atoms with Gasteiger partial charge in [-0.15, -0.1) is 13.2 Å². The average Bonchev–Trinajstić information content (AvgIpc) is 3.10. The maximum Gasteiger partial charge on any atom is 0.573 e. The van der Waals surface area contributed by atoms with E-state index in [9.17, 15) is 13.2 Å². The van der Waals surface area contributed by atoms with E-state index in [4.69, 9.17) is 4.52 Å². The number of ether oxygens (including phenoxy) is 1. The van der Waals surface area contributed by atoms with E-state index in [1.807, 2.05) is 13.8 Å². The molecule has 10 heteroatoms. The Morgan fingerprint density at radius 3 is 2.64 bits per heavy atom. The maximum atomic E-state index is 12.5. The monoisotopic (exact) mass is 399 g/mol. The molecule has 0 aliphatic carbocycles. The molecule has 2 rings (SSSR count). The van der Waals surface area contributed by atoms with Gasteiger partial charge in [-0.05, 0) is 12.5 Å². The first-order valence-corrected chi connectivity index (χ1v) is 8.89. The van der Waals surface area contributed by atoms with Gasteiger partial charge in [0.25, 0.3) is 0 Å². The fourth-order valence-electron chi connectivity index (χ4n) is 2.32. The zero-order valence-electron chi connectivity index (χ0n) is 16.0. The van der Waals surface area contributed by atoms with E-state index in [1.165, 1.54) is 12.1 Å². The van der Waals surface area contributed by atoms with Crippen LogP contribution in [0.15, 0.2) is 33.8 Å². The third kappa shape index (κ3) is 7.09. The minimum absolute atomic E-state index is 0.132. The van der Waals surface area contributed by atoms with Gasteiger partial charge in [-0.2, -0.15) is 4.98 Å². The molecule has 0 amide bonds. The predicted octanol–water partition coefficient (Wildman–Crippen LogP) is 3.39. The van der Waals surface area contributed by atoms with Gasteiger partial charge in [-0.25, -0.2) is 0 Å². The number of alkyl halides is 3. The van der Waals surface area contributed by atoms with E-state index in [2.05, 4.69) is 30.5 Å². The van der Waals surface area contributed by atoms with Gasteiger partial charge in [-0.3, -0.25) is 4.99 Å². The largest absolute Gasteiger partial charge is 0.573 e. The van der Waals surface area contributed by atoms with Crippen LogP contribution in [0.1, 0.15) is 43.5 Å². The quantitative estimate of drug-likeness (QED) is 0.402. The molecule has 0 atom stereocenters. The second-order valence-corrected chi connectivity index (χ2v) is 6.31. The molecule has 0 aliphatic rings. The van der Waals surface area contributed by atoms with Crippen LogP contribution in [0.3, 0.4) is 0 Å². The second kappa shape index (κ2) is 9.95. The molecule has 0 radical (unpaired) electrons. The third-order valence-corrected chi connectivity index (χ3v) is 3.73. The molecular weight excluding hydrogens is 375 g/mol. The van der Waals surface area contributed by atoms with Crippen LogP contribution in [0.25, 0.3) is 0 Å². The number of para-hydroxylation sites is 1. The van der Waals surface area contributed by atoms with Crippen molar-refractivity contribution in [2.75, 3.05) is 13.6 Å². The Balaban J connectivity index is 1.79. The van der Waals surface area contributed by atoms with Crippen molar-refractivity contribution in [3.63, 3.8) is 0 Å². The highest BCUT2D eigenvalue weighted by atomic mass is 19.4. The number of aryl methyl sites for hydroxylation is 1. The van der Waals surface area contributed by atoms with Crippen molar-refractivity contribution in [2.45, 2.75) is 45.5 Å². The lowest BCUT2D eigenvalue weighted by Gasteiger charge is -2.15. The molecule has 0 unspecified atom stereocenters. The number of guanidine groups is 1. The Morgan fingerprint density at radius 1 is 1.25 bits per heavy atom. The highest BCUT2D eigenvalue weighted by molar-refractivity contribution is 5.79. The number of aliphatic imine (C=N–C) groups is 1. The molecule has 1 aromatic carbocycles. The number of hydrogen-bond donors (Lipinski definition) is 2. The van der Waals surface area contributed by atoms with Crippen LogP contribution in [0.4, 0.5) is 13.2 Å². The molecular formula is C18H24F3N5O2. The first-order chi connectivity index (χ1) is 13.3. The summed E-state index contributed by atoms with van der Waals surface area (Å²) < 4.78 is 46.7. The van der Waals surface area contributed by atoms with Crippen molar-refractivity contribution in [1.82, 2.24) is 20.8 Å². The molecule has 0 saturated carbocycles. The van der Waals surface area contributed by atoms with Gasteiger partial charge in [0.1, 0.15) is 5.75 Å². The van der Waals surface area contributed by atoms with Crippen molar-refractivity contribution in [3.8, 4) is 5.75 Å². The molecule has 1 aromatic heterocycles. The lowest BCUT2D eigenvalue weighted by molar-refractivity contribution is -0.274. The van der Waals surface area contributed by atoms with E-state index in [0.717, 1.165) is 6.42 Å². The molecule has 0 fully saturated rings. The fraction of sp³-hybridized carbons (Fsp3) is 0.500. The minimum Gasteiger partial charge on any atom is -0.405 e. The molecule has 0 saturated heterocycles. The second-order valence-electron chi connectivity index (χ2n) is 6.31. The Labute approximate surface area is 161 Å². The van der Waals surface area contributed by atoms with Gasteiger partial charge in [-0.1, -0.05) is 37.2 Å². The van der Waals surface area contributed by atoms with Crippen LogP contribution in [0.5, 0.6) is 5.75 Å². The minimum atomic E-state index is -4.74. The molecule has 154 valence electrons. The maximum absolute atomic E-state index is 12.5. The van der Waals surface area contributed by atoms with Gasteiger partial charge in [0.15, 0.2) is 11.8 Å². The van der Waals surface area contributed by atoms with Gasteiger partial charge in [0.05, 0.1) is 0 Å². The summed E-state index contributed by atoms with van der Waals surface area (Å²) in [4.78, 5) is 8.36. The zero-order chi connectivity index (χ0) is 20.6. The van der Waals surface area contributed by atoms with E-state index < -0.39 is 6.36 Å². The Kier molecular flexibility index (Phi) is 7.65. The number of aromatic nitrogens is 2. The number of hydrogen-bond acceptors (Lipinski definition) is 5. The number of benzene rings is 1. The molecule has 0 bridgehead atoms. The topological polar surface area (TPSA) is 84.6 Å². The fourth-order valence-corrected chi connectivity index (χ4v) is 2.32. The molecule has 2 aromatic rings. The number of nitrogens with one attached hydrogen (secondary N) is 2. The van der Waals surface area contributed by atoms with Gasteiger partial charge >= 0.3 is 6.36 Å². The highest BCUT2D eigenvalue weighted by Gasteiger charge is 2.31. The number of rotatable bonds is 8. The first kappa shape index (κ1) is 21.5. The highest BCUT2D eigenvalue weighted by Crippen LogP contribution is 2.26. The van der Waals surface area contributed by atoms with Crippen LogP contribution < -0.4 is 15.4 Å². The van der Waals surface area contributed by atoms with E-state index in [1.54, 1.807) is 19.2 Å². The van der Waals surface area contributed by atoms with Crippen molar-refractivity contribution >= 4 is 5.96 Å². The average molecular weight is 399 g/mol. The summed E-state index contributed by atoms with van der Waals surface area (Å²) in [5.74, 6) is 1.69. The lowest BCUT2D eigenvalue weighted by Crippen LogP contribution is -2.37. The van der Waals surface area contributed by atoms with Crippen LogP contribution >= 0.6 is 0 Å².